The zero-order valence-electron chi connectivity index (χ0n) is 19.1. The Morgan fingerprint density at radius 1 is 1.12 bits per heavy atom. The normalized spacial score (nSPS) is 11.2. The Morgan fingerprint density at radius 3 is 2.38 bits per heavy atom. The maximum atomic E-state index is 12.1. The lowest BCUT2D eigenvalue weighted by Gasteiger charge is -2.27. The van der Waals surface area contributed by atoms with Crippen molar-refractivity contribution in [2.45, 2.75) is 25.9 Å². The van der Waals surface area contributed by atoms with Crippen molar-refractivity contribution in [1.29, 1.82) is 0 Å². The van der Waals surface area contributed by atoms with E-state index in [1.807, 2.05) is 44.4 Å². The SMILES string of the molecule is CSNc1ncc(COc2ccc(C(C)(C)c3cc(Cl)c(OCCCl)c(C(N)=O)c3)cc2)cn1. The summed E-state index contributed by atoms with van der Waals surface area (Å²) in [6.07, 6.45) is 5.36. The molecule has 10 heteroatoms. The number of carbonyl (C=O) groups is 1. The number of aromatic nitrogens is 2. The van der Waals surface area contributed by atoms with Crippen LogP contribution in [0.15, 0.2) is 48.8 Å². The van der Waals surface area contributed by atoms with Crippen LogP contribution in [0.1, 0.15) is 40.9 Å². The number of amides is 1. The second-order valence-electron chi connectivity index (χ2n) is 7.90. The number of carbonyl (C=O) groups excluding carboxylic acids is 1. The molecule has 0 aliphatic rings. The molecule has 0 aliphatic heterocycles. The van der Waals surface area contributed by atoms with Gasteiger partial charge in [-0.25, -0.2) is 9.97 Å². The van der Waals surface area contributed by atoms with E-state index in [0.29, 0.717) is 23.3 Å². The van der Waals surface area contributed by atoms with E-state index in [2.05, 4.69) is 14.7 Å². The molecule has 0 atom stereocenters. The fourth-order valence-electron chi connectivity index (χ4n) is 3.30. The molecule has 0 spiro atoms. The number of hydrogen-bond acceptors (Lipinski definition) is 7. The van der Waals surface area contributed by atoms with Gasteiger partial charge < -0.3 is 15.2 Å². The maximum Gasteiger partial charge on any atom is 0.252 e. The first-order valence-corrected chi connectivity index (χ1v) is 12.6. The van der Waals surface area contributed by atoms with Crippen LogP contribution in [0.4, 0.5) is 5.95 Å². The number of nitrogens with two attached hydrogens (primary N) is 1. The number of primary amides is 1. The molecule has 2 aromatic carbocycles. The number of nitrogens with zero attached hydrogens (tertiary/aromatic N) is 2. The van der Waals surface area contributed by atoms with Crippen molar-refractivity contribution in [3.63, 3.8) is 0 Å². The van der Waals surface area contributed by atoms with Crippen molar-refractivity contribution in [3.8, 4) is 11.5 Å². The van der Waals surface area contributed by atoms with Gasteiger partial charge in [0, 0.05) is 29.6 Å². The molecule has 1 aromatic heterocycles. The molecular formula is C24H26Cl2N4O3S. The van der Waals surface area contributed by atoms with E-state index in [0.717, 1.165) is 16.7 Å². The van der Waals surface area contributed by atoms with Crippen molar-refractivity contribution in [3.05, 3.63) is 76.1 Å². The number of halogens is 2. The van der Waals surface area contributed by atoms with Crippen LogP contribution < -0.4 is 19.9 Å². The van der Waals surface area contributed by atoms with E-state index in [1.165, 1.54) is 11.9 Å². The Kier molecular flexibility index (Phi) is 8.88. The molecule has 0 saturated heterocycles. The summed E-state index contributed by atoms with van der Waals surface area (Å²) in [4.78, 5) is 20.5. The average molecular weight is 521 g/mol. The molecule has 0 unspecified atom stereocenters. The summed E-state index contributed by atoms with van der Waals surface area (Å²) >= 11 is 13.6. The molecule has 0 saturated carbocycles. The second-order valence-corrected chi connectivity index (χ2v) is 9.29. The number of rotatable bonds is 11. The van der Waals surface area contributed by atoms with Crippen LogP contribution >= 0.6 is 35.1 Å². The molecule has 3 rings (SSSR count). The highest BCUT2D eigenvalue weighted by Gasteiger charge is 2.27. The van der Waals surface area contributed by atoms with Gasteiger partial charge in [-0.15, -0.1) is 11.6 Å². The first kappa shape index (κ1) is 25.9. The number of ether oxygens (including phenoxy) is 2. The van der Waals surface area contributed by atoms with Gasteiger partial charge in [-0.1, -0.05) is 49.5 Å². The molecule has 3 aromatic rings. The third kappa shape index (κ3) is 6.25. The van der Waals surface area contributed by atoms with E-state index >= 15 is 0 Å². The Bertz CT molecular complexity index is 1130. The molecule has 3 N–H and O–H groups in total. The predicted octanol–water partition coefficient (Wildman–Crippen LogP) is 5.44. The molecule has 1 amide bonds. The zero-order valence-corrected chi connectivity index (χ0v) is 21.4. The number of hydrogen-bond donors (Lipinski definition) is 2. The second kappa shape index (κ2) is 11.6. The lowest BCUT2D eigenvalue weighted by atomic mass is 9.77. The summed E-state index contributed by atoms with van der Waals surface area (Å²) in [5.41, 5.74) is 8.05. The summed E-state index contributed by atoms with van der Waals surface area (Å²) in [5.74, 6) is 1.17. The molecule has 0 radical (unpaired) electrons. The lowest BCUT2D eigenvalue weighted by Crippen LogP contribution is -2.21. The average Bonchev–Trinajstić information content (AvgIpc) is 2.82. The maximum absolute atomic E-state index is 12.1. The highest BCUT2D eigenvalue weighted by molar-refractivity contribution is 7.99. The summed E-state index contributed by atoms with van der Waals surface area (Å²) < 4.78 is 14.4. The molecule has 34 heavy (non-hydrogen) atoms. The number of alkyl halides is 1. The van der Waals surface area contributed by atoms with E-state index in [4.69, 9.17) is 38.4 Å². The van der Waals surface area contributed by atoms with Crippen molar-refractivity contribution in [2.75, 3.05) is 23.5 Å². The van der Waals surface area contributed by atoms with Gasteiger partial charge in [-0.2, -0.15) is 0 Å². The summed E-state index contributed by atoms with van der Waals surface area (Å²) in [7, 11) is 0. The number of benzene rings is 2. The van der Waals surface area contributed by atoms with Crippen molar-refractivity contribution in [1.82, 2.24) is 9.97 Å². The van der Waals surface area contributed by atoms with Gasteiger partial charge in [-0.05, 0) is 35.4 Å². The monoisotopic (exact) mass is 520 g/mol. The van der Waals surface area contributed by atoms with Gasteiger partial charge in [-0.3, -0.25) is 9.52 Å². The summed E-state index contributed by atoms with van der Waals surface area (Å²) in [5, 5.41) is 0.311. The van der Waals surface area contributed by atoms with Crippen LogP contribution in [0, 0.1) is 0 Å². The Balaban J connectivity index is 1.77. The lowest BCUT2D eigenvalue weighted by molar-refractivity contribution is 0.0996. The topological polar surface area (TPSA) is 99.4 Å². The molecule has 0 fully saturated rings. The van der Waals surface area contributed by atoms with Gasteiger partial charge in [0.05, 0.1) is 16.5 Å². The van der Waals surface area contributed by atoms with Gasteiger partial charge in [0.1, 0.15) is 19.0 Å². The van der Waals surface area contributed by atoms with E-state index in [1.54, 1.807) is 24.5 Å². The van der Waals surface area contributed by atoms with Gasteiger partial charge in [0.2, 0.25) is 5.95 Å². The highest BCUT2D eigenvalue weighted by atomic mass is 35.5. The minimum atomic E-state index is -0.617. The molecule has 1 heterocycles. The standard InChI is InChI=1S/C24H26Cl2N4O3S/c1-24(2,17-10-19(22(27)31)21(20(26)11-17)32-9-8-25)16-4-6-18(7-5-16)33-14-15-12-28-23(29-13-15)30-34-3/h4-7,10-13H,8-9,14H2,1-3H3,(H2,27,31)(H,28,29,30). The van der Waals surface area contributed by atoms with Crippen LogP contribution in [-0.4, -0.2) is 34.6 Å². The minimum Gasteiger partial charge on any atom is -0.490 e. The predicted molar refractivity (Wildman–Crippen MR) is 138 cm³/mol. The van der Waals surface area contributed by atoms with Gasteiger partial charge in [0.25, 0.3) is 5.91 Å². The quantitative estimate of drug-likeness (QED) is 0.256. The zero-order chi connectivity index (χ0) is 24.7. The molecule has 7 nitrogen and oxygen atoms in total. The number of anilines is 1. The molecular weight excluding hydrogens is 495 g/mol. The Hall–Kier alpha value is -2.68. The van der Waals surface area contributed by atoms with Crippen LogP contribution in [0.5, 0.6) is 11.5 Å². The first-order valence-electron chi connectivity index (χ1n) is 10.4. The third-order valence-electron chi connectivity index (χ3n) is 5.23. The van der Waals surface area contributed by atoms with Crippen molar-refractivity contribution >= 4 is 47.0 Å². The van der Waals surface area contributed by atoms with Crippen LogP contribution in [0.25, 0.3) is 0 Å². The van der Waals surface area contributed by atoms with Gasteiger partial charge >= 0.3 is 0 Å². The molecule has 0 bridgehead atoms. The fraction of sp³-hybridized carbons (Fsp3) is 0.292. The van der Waals surface area contributed by atoms with Crippen molar-refractivity contribution in [2.24, 2.45) is 5.73 Å². The largest absolute Gasteiger partial charge is 0.490 e. The molecule has 0 aliphatic carbocycles. The fourth-order valence-corrected chi connectivity index (χ4v) is 3.94. The summed E-state index contributed by atoms with van der Waals surface area (Å²) in [6, 6.07) is 11.3. The van der Waals surface area contributed by atoms with E-state index in [-0.39, 0.29) is 23.8 Å². The third-order valence-corrected chi connectivity index (χ3v) is 6.06. The number of nitrogens with one attached hydrogen (secondary N) is 1. The Morgan fingerprint density at radius 2 is 1.79 bits per heavy atom. The van der Waals surface area contributed by atoms with E-state index in [9.17, 15) is 4.79 Å². The van der Waals surface area contributed by atoms with Gasteiger partial charge in [0.15, 0.2) is 5.75 Å². The Labute approximate surface area is 213 Å². The minimum absolute atomic E-state index is 0.219. The van der Waals surface area contributed by atoms with Crippen LogP contribution in [-0.2, 0) is 12.0 Å². The van der Waals surface area contributed by atoms with E-state index < -0.39 is 11.3 Å². The highest BCUT2D eigenvalue weighted by Crippen LogP contribution is 2.38. The first-order chi connectivity index (χ1) is 16.3. The summed E-state index contributed by atoms with van der Waals surface area (Å²) in [6.45, 7) is 4.65. The van der Waals surface area contributed by atoms with Crippen LogP contribution in [0.3, 0.4) is 0 Å². The van der Waals surface area contributed by atoms with Crippen molar-refractivity contribution < 1.29 is 14.3 Å². The smallest absolute Gasteiger partial charge is 0.252 e. The van der Waals surface area contributed by atoms with Crippen LogP contribution in [0.2, 0.25) is 5.02 Å². The molecule has 180 valence electrons.